The largest absolute Gasteiger partial charge is 0.416 e. The zero-order valence-electron chi connectivity index (χ0n) is 19.8. The highest BCUT2D eigenvalue weighted by molar-refractivity contribution is 6.07. The molecule has 0 bridgehead atoms. The Morgan fingerprint density at radius 1 is 0.914 bits per heavy atom. The lowest BCUT2D eigenvalue weighted by molar-refractivity contribution is -0.137. The molecule has 35 heavy (non-hydrogen) atoms. The highest BCUT2D eigenvalue weighted by atomic mass is 19.4. The fourth-order valence-electron chi connectivity index (χ4n) is 5.13. The van der Waals surface area contributed by atoms with Crippen molar-refractivity contribution in [3.05, 3.63) is 65.7 Å². The number of para-hydroxylation sites is 1. The van der Waals surface area contributed by atoms with Gasteiger partial charge in [-0.05, 0) is 56.5 Å². The molecule has 1 amide bonds. The first kappa shape index (κ1) is 23.5. The maximum absolute atomic E-state index is 13.6. The van der Waals surface area contributed by atoms with Crippen LogP contribution < -0.4 is 9.80 Å². The van der Waals surface area contributed by atoms with Crippen LogP contribution in [0.3, 0.4) is 0 Å². The van der Waals surface area contributed by atoms with E-state index < -0.39 is 11.7 Å². The average Bonchev–Trinajstić information content (AvgIpc) is 2.87. The van der Waals surface area contributed by atoms with Crippen molar-refractivity contribution in [3.63, 3.8) is 0 Å². The van der Waals surface area contributed by atoms with Crippen molar-refractivity contribution in [1.29, 1.82) is 0 Å². The van der Waals surface area contributed by atoms with E-state index in [-0.39, 0.29) is 11.9 Å². The molecule has 2 aromatic carbocycles. The number of carbonyl (C=O) groups excluding carboxylic acids is 1. The minimum absolute atomic E-state index is 0.0413. The minimum atomic E-state index is -4.36. The Hall–Kier alpha value is -3.29. The number of carbonyl (C=O) groups is 1. The third kappa shape index (κ3) is 4.79. The van der Waals surface area contributed by atoms with Gasteiger partial charge in [-0.25, -0.2) is 4.98 Å². The lowest BCUT2D eigenvalue weighted by Crippen LogP contribution is -2.47. The van der Waals surface area contributed by atoms with Gasteiger partial charge in [0.2, 0.25) is 0 Å². The zero-order chi connectivity index (χ0) is 24.6. The van der Waals surface area contributed by atoms with E-state index in [0.29, 0.717) is 37.4 Å². The number of alkyl halides is 3. The van der Waals surface area contributed by atoms with E-state index in [1.54, 1.807) is 6.07 Å². The third-order valence-corrected chi connectivity index (χ3v) is 7.14. The van der Waals surface area contributed by atoms with Gasteiger partial charge < -0.3 is 14.7 Å². The van der Waals surface area contributed by atoms with Gasteiger partial charge in [0, 0.05) is 49.8 Å². The Kier molecular flexibility index (Phi) is 6.30. The molecule has 5 rings (SSSR count). The summed E-state index contributed by atoms with van der Waals surface area (Å²) < 4.78 is 39.4. The normalized spacial score (nSPS) is 19.3. The van der Waals surface area contributed by atoms with E-state index in [4.69, 9.17) is 4.98 Å². The molecule has 3 aromatic rings. The van der Waals surface area contributed by atoms with Crippen LogP contribution in [0.2, 0.25) is 0 Å². The van der Waals surface area contributed by atoms with Gasteiger partial charge in [0.05, 0.1) is 16.6 Å². The molecular weight excluding hydrogens is 453 g/mol. The molecule has 0 spiro atoms. The number of amides is 1. The predicted octanol–water partition coefficient (Wildman–Crippen LogP) is 5.59. The Balaban J connectivity index is 1.39. The lowest BCUT2D eigenvalue weighted by Gasteiger charge is -2.37. The van der Waals surface area contributed by atoms with Crippen molar-refractivity contribution in [3.8, 4) is 0 Å². The van der Waals surface area contributed by atoms with Crippen LogP contribution in [0.15, 0.2) is 54.6 Å². The maximum atomic E-state index is 13.6. The summed E-state index contributed by atoms with van der Waals surface area (Å²) in [6, 6.07) is 15.3. The van der Waals surface area contributed by atoms with E-state index in [1.807, 2.05) is 40.1 Å². The zero-order valence-corrected chi connectivity index (χ0v) is 19.8. The summed E-state index contributed by atoms with van der Waals surface area (Å²) in [4.78, 5) is 24.5. The number of hydrogen-bond donors (Lipinski definition) is 0. The Morgan fingerprint density at radius 3 is 2.40 bits per heavy atom. The molecule has 1 atom stereocenters. The number of piperazine rings is 1. The number of hydrogen-bond acceptors (Lipinski definition) is 4. The van der Waals surface area contributed by atoms with Crippen LogP contribution in [0.25, 0.3) is 10.9 Å². The van der Waals surface area contributed by atoms with Crippen molar-refractivity contribution in [2.45, 2.75) is 38.4 Å². The van der Waals surface area contributed by atoms with Crippen LogP contribution in [0.4, 0.5) is 24.7 Å². The molecule has 0 radical (unpaired) electrons. The first-order valence-corrected chi connectivity index (χ1v) is 12.2. The summed E-state index contributed by atoms with van der Waals surface area (Å²) in [7, 11) is 0. The number of pyridine rings is 1. The topological polar surface area (TPSA) is 39.7 Å². The van der Waals surface area contributed by atoms with Crippen LogP contribution in [-0.2, 0) is 6.18 Å². The molecule has 2 fully saturated rings. The number of rotatable bonds is 3. The van der Waals surface area contributed by atoms with Crippen molar-refractivity contribution in [2.75, 3.05) is 42.5 Å². The number of anilines is 2. The molecule has 184 valence electrons. The first-order valence-electron chi connectivity index (χ1n) is 12.2. The van der Waals surface area contributed by atoms with Crippen LogP contribution >= 0.6 is 0 Å². The van der Waals surface area contributed by atoms with Crippen molar-refractivity contribution in [2.24, 2.45) is 0 Å². The van der Waals surface area contributed by atoms with Gasteiger partial charge >= 0.3 is 6.18 Å². The third-order valence-electron chi connectivity index (χ3n) is 7.14. The number of aromatic nitrogens is 1. The van der Waals surface area contributed by atoms with Crippen LogP contribution in [-0.4, -0.2) is 54.6 Å². The molecule has 2 aliphatic rings. The molecule has 1 unspecified atom stereocenters. The first-order chi connectivity index (χ1) is 16.8. The molecule has 0 N–H and O–H groups in total. The Bertz CT molecular complexity index is 1220. The highest BCUT2D eigenvalue weighted by Crippen LogP contribution is 2.32. The van der Waals surface area contributed by atoms with Crippen molar-refractivity contribution >= 4 is 28.3 Å². The fourth-order valence-corrected chi connectivity index (χ4v) is 5.13. The van der Waals surface area contributed by atoms with E-state index in [1.165, 1.54) is 12.1 Å². The van der Waals surface area contributed by atoms with Crippen LogP contribution in [0.5, 0.6) is 0 Å². The summed E-state index contributed by atoms with van der Waals surface area (Å²) in [6.45, 7) is 5.23. The molecule has 5 nitrogen and oxygen atoms in total. The summed E-state index contributed by atoms with van der Waals surface area (Å²) >= 11 is 0. The molecule has 0 saturated carbocycles. The predicted molar refractivity (Wildman–Crippen MR) is 132 cm³/mol. The second-order valence-corrected chi connectivity index (χ2v) is 9.41. The van der Waals surface area contributed by atoms with Crippen molar-refractivity contribution < 1.29 is 18.0 Å². The summed E-state index contributed by atoms with van der Waals surface area (Å²) in [6.07, 6.45) is -1.19. The summed E-state index contributed by atoms with van der Waals surface area (Å²) in [5.74, 6) is 0.778. The SMILES string of the molecule is CC1CCCCN1C(=O)c1cc(N2CCN(c3cccc(C(F)(F)F)c3)CC2)nc2ccccc12. The Morgan fingerprint density at radius 2 is 1.66 bits per heavy atom. The Labute approximate surface area is 203 Å². The lowest BCUT2D eigenvalue weighted by atomic mass is 10.0. The standard InChI is InChI=1S/C27H29F3N4O/c1-19-7-4-5-12-34(19)26(35)23-18-25(31-24-11-3-2-10-22(23)24)33-15-13-32(14-16-33)21-9-6-8-20(17-21)27(28,29)30/h2-3,6,8-11,17-19H,4-5,7,12-16H2,1H3. The van der Waals surface area contributed by atoms with Crippen molar-refractivity contribution in [1.82, 2.24) is 9.88 Å². The van der Waals surface area contributed by atoms with Gasteiger partial charge in [-0.3, -0.25) is 4.79 Å². The van der Waals surface area contributed by atoms with Gasteiger partial charge in [-0.1, -0.05) is 24.3 Å². The van der Waals surface area contributed by atoms with E-state index in [0.717, 1.165) is 48.6 Å². The molecule has 2 saturated heterocycles. The smallest absolute Gasteiger partial charge is 0.368 e. The fraction of sp³-hybridized carbons (Fsp3) is 0.407. The van der Waals surface area contributed by atoms with E-state index in [9.17, 15) is 18.0 Å². The number of benzene rings is 2. The number of piperidine rings is 1. The van der Waals surface area contributed by atoms with Crippen LogP contribution in [0.1, 0.15) is 42.1 Å². The number of fused-ring (bicyclic) bond motifs is 1. The number of halogens is 3. The van der Waals surface area contributed by atoms with E-state index >= 15 is 0 Å². The van der Waals surface area contributed by atoms with Gasteiger partial charge in [-0.15, -0.1) is 0 Å². The maximum Gasteiger partial charge on any atom is 0.416 e. The molecule has 2 aliphatic heterocycles. The summed E-state index contributed by atoms with van der Waals surface area (Å²) in [5, 5.41) is 0.849. The average molecular weight is 483 g/mol. The monoisotopic (exact) mass is 482 g/mol. The van der Waals surface area contributed by atoms with Gasteiger partial charge in [0.1, 0.15) is 5.82 Å². The second-order valence-electron chi connectivity index (χ2n) is 9.41. The molecule has 1 aromatic heterocycles. The second kappa shape index (κ2) is 9.40. The molecule has 3 heterocycles. The molecule has 0 aliphatic carbocycles. The summed E-state index contributed by atoms with van der Waals surface area (Å²) in [5.41, 5.74) is 1.38. The quantitative estimate of drug-likeness (QED) is 0.488. The van der Waals surface area contributed by atoms with Gasteiger partial charge in [-0.2, -0.15) is 13.2 Å². The minimum Gasteiger partial charge on any atom is -0.368 e. The van der Waals surface area contributed by atoms with E-state index in [2.05, 4.69) is 11.8 Å². The molecule has 8 heteroatoms. The number of nitrogens with zero attached hydrogens (tertiary/aromatic N) is 4. The van der Waals surface area contributed by atoms with Gasteiger partial charge in [0.25, 0.3) is 5.91 Å². The van der Waals surface area contributed by atoms with Crippen LogP contribution in [0, 0.1) is 0 Å². The number of likely N-dealkylation sites (tertiary alicyclic amines) is 1. The van der Waals surface area contributed by atoms with Gasteiger partial charge in [0.15, 0.2) is 0 Å². The highest BCUT2D eigenvalue weighted by Gasteiger charge is 2.31. The molecular formula is C27H29F3N4O.